The van der Waals surface area contributed by atoms with Crippen LogP contribution in [0.2, 0.25) is 0 Å². The molecule has 1 heterocycles. The minimum absolute atomic E-state index is 0.0656. The van der Waals surface area contributed by atoms with Gasteiger partial charge >= 0.3 is 5.97 Å². The molecule has 0 aliphatic carbocycles. The van der Waals surface area contributed by atoms with Crippen LogP contribution in [0.25, 0.3) is 22.0 Å². The van der Waals surface area contributed by atoms with Crippen molar-refractivity contribution in [1.29, 1.82) is 0 Å². The summed E-state index contributed by atoms with van der Waals surface area (Å²) in [5.74, 6) is 0.208. The van der Waals surface area contributed by atoms with E-state index >= 15 is 0 Å². The zero-order chi connectivity index (χ0) is 22.5. The molecule has 0 fully saturated rings. The van der Waals surface area contributed by atoms with Crippen LogP contribution >= 0.6 is 12.0 Å². The summed E-state index contributed by atoms with van der Waals surface area (Å²) in [4.78, 5) is 16.3. The van der Waals surface area contributed by atoms with Crippen molar-refractivity contribution in [3.63, 3.8) is 0 Å². The Morgan fingerprint density at radius 1 is 1.16 bits per heavy atom. The number of carbonyl (C=O) groups is 1. The minimum atomic E-state index is -0.282. The Hall–Kier alpha value is -2.37. The highest BCUT2D eigenvalue weighted by Gasteiger charge is 2.19. The molecule has 0 bridgehead atoms. The standard InChI is InChI=1S/C26H32N2O2S/c1-6-25(31-30-18(5)29)20-11-12-23-21(14-20)26(19-9-7-17(4)8-10-19)22(15-27)24(28-23)13-16(2)3/h7-12,14,16,25H,6,13,15,27H2,1-5H3. The highest BCUT2D eigenvalue weighted by atomic mass is 32.2. The van der Waals surface area contributed by atoms with E-state index in [2.05, 4.69) is 70.2 Å². The SMILES string of the molecule is CCC(SOC(C)=O)c1ccc2nc(CC(C)C)c(CN)c(-c3ccc(C)cc3)c2c1. The van der Waals surface area contributed by atoms with E-state index in [9.17, 15) is 4.79 Å². The van der Waals surface area contributed by atoms with Crippen molar-refractivity contribution in [3.05, 3.63) is 64.8 Å². The van der Waals surface area contributed by atoms with Crippen molar-refractivity contribution in [2.24, 2.45) is 11.7 Å². The minimum Gasteiger partial charge on any atom is -0.391 e. The number of carbonyl (C=O) groups excluding carboxylic acids is 1. The van der Waals surface area contributed by atoms with Crippen LogP contribution in [0.5, 0.6) is 0 Å². The molecule has 0 aliphatic rings. The lowest BCUT2D eigenvalue weighted by Gasteiger charge is -2.20. The van der Waals surface area contributed by atoms with E-state index in [4.69, 9.17) is 14.9 Å². The maximum atomic E-state index is 11.3. The van der Waals surface area contributed by atoms with E-state index in [1.165, 1.54) is 24.5 Å². The summed E-state index contributed by atoms with van der Waals surface area (Å²) in [5, 5.41) is 1.16. The van der Waals surface area contributed by atoms with Gasteiger partial charge in [-0.2, -0.15) is 0 Å². The summed E-state index contributed by atoms with van der Waals surface area (Å²) < 4.78 is 5.24. The normalized spacial score (nSPS) is 12.4. The number of nitrogens with zero attached hydrogens (tertiary/aromatic N) is 1. The molecule has 0 saturated heterocycles. The van der Waals surface area contributed by atoms with Crippen LogP contribution < -0.4 is 5.73 Å². The van der Waals surface area contributed by atoms with Crippen LogP contribution in [0.1, 0.15) is 61.7 Å². The molecule has 2 aromatic carbocycles. The first-order valence-electron chi connectivity index (χ1n) is 10.9. The van der Waals surface area contributed by atoms with Gasteiger partial charge in [0.2, 0.25) is 0 Å². The van der Waals surface area contributed by atoms with Crippen LogP contribution in [-0.4, -0.2) is 11.0 Å². The maximum absolute atomic E-state index is 11.3. The number of aryl methyl sites for hydroxylation is 1. The lowest BCUT2D eigenvalue weighted by atomic mass is 9.90. The Labute approximate surface area is 189 Å². The highest BCUT2D eigenvalue weighted by molar-refractivity contribution is 7.95. The smallest absolute Gasteiger partial charge is 0.314 e. The van der Waals surface area contributed by atoms with Gasteiger partial charge in [0.25, 0.3) is 0 Å². The van der Waals surface area contributed by atoms with Gasteiger partial charge in [-0.15, -0.1) is 0 Å². The third kappa shape index (κ3) is 5.46. The highest BCUT2D eigenvalue weighted by Crippen LogP contribution is 2.38. The molecule has 1 aromatic heterocycles. The molecule has 0 saturated carbocycles. The monoisotopic (exact) mass is 436 g/mol. The predicted octanol–water partition coefficient (Wildman–Crippen LogP) is 6.53. The Morgan fingerprint density at radius 2 is 1.87 bits per heavy atom. The first-order chi connectivity index (χ1) is 14.8. The average Bonchev–Trinajstić information content (AvgIpc) is 2.73. The molecule has 164 valence electrons. The molecule has 1 unspecified atom stereocenters. The molecule has 0 radical (unpaired) electrons. The molecule has 31 heavy (non-hydrogen) atoms. The van der Waals surface area contributed by atoms with Gasteiger partial charge in [-0.05, 0) is 60.1 Å². The predicted molar refractivity (Wildman–Crippen MR) is 131 cm³/mol. The van der Waals surface area contributed by atoms with Crippen molar-refractivity contribution in [2.45, 2.75) is 59.3 Å². The van der Waals surface area contributed by atoms with Gasteiger partial charge in [0.15, 0.2) is 0 Å². The van der Waals surface area contributed by atoms with Crippen molar-refractivity contribution in [2.75, 3.05) is 0 Å². The second kappa shape index (κ2) is 10.3. The zero-order valence-corrected chi connectivity index (χ0v) is 19.9. The summed E-state index contributed by atoms with van der Waals surface area (Å²) in [7, 11) is 0. The van der Waals surface area contributed by atoms with Gasteiger partial charge < -0.3 is 9.92 Å². The number of benzene rings is 2. The quantitative estimate of drug-likeness (QED) is 0.407. The number of pyridine rings is 1. The third-order valence-electron chi connectivity index (χ3n) is 5.37. The van der Waals surface area contributed by atoms with Crippen LogP contribution in [0.4, 0.5) is 0 Å². The molecule has 5 heteroatoms. The Bertz CT molecular complexity index is 1060. The van der Waals surface area contributed by atoms with Gasteiger partial charge in [0.1, 0.15) is 0 Å². The van der Waals surface area contributed by atoms with Gasteiger partial charge in [0.05, 0.1) is 22.8 Å². The Balaban J connectivity index is 2.24. The molecular formula is C26H32N2O2S. The fourth-order valence-electron chi connectivity index (χ4n) is 3.88. The van der Waals surface area contributed by atoms with Crippen molar-refractivity contribution < 1.29 is 8.98 Å². The fourth-order valence-corrected chi connectivity index (χ4v) is 4.53. The van der Waals surface area contributed by atoms with E-state index in [-0.39, 0.29) is 11.2 Å². The van der Waals surface area contributed by atoms with Crippen molar-refractivity contribution in [3.8, 4) is 11.1 Å². The zero-order valence-electron chi connectivity index (χ0n) is 19.1. The summed E-state index contributed by atoms with van der Waals surface area (Å²) in [6.07, 6.45) is 1.74. The molecule has 3 aromatic rings. The van der Waals surface area contributed by atoms with Gasteiger partial charge in [-0.1, -0.05) is 56.7 Å². The number of rotatable bonds is 8. The maximum Gasteiger partial charge on any atom is 0.314 e. The molecule has 1 atom stereocenters. The molecule has 0 amide bonds. The number of fused-ring (bicyclic) bond motifs is 1. The Kier molecular flexibility index (Phi) is 7.74. The average molecular weight is 437 g/mol. The van der Waals surface area contributed by atoms with E-state index < -0.39 is 0 Å². The lowest BCUT2D eigenvalue weighted by Crippen LogP contribution is -2.10. The van der Waals surface area contributed by atoms with Gasteiger partial charge in [-0.25, -0.2) is 0 Å². The number of nitrogens with two attached hydrogens (primary N) is 1. The summed E-state index contributed by atoms with van der Waals surface area (Å²) in [5.41, 5.74) is 14.1. The van der Waals surface area contributed by atoms with Crippen LogP contribution in [-0.2, 0) is 21.9 Å². The molecule has 4 nitrogen and oxygen atoms in total. The summed E-state index contributed by atoms with van der Waals surface area (Å²) in [6.45, 7) is 10.5. The van der Waals surface area contributed by atoms with Gasteiger partial charge in [0, 0.05) is 24.5 Å². The first-order valence-corrected chi connectivity index (χ1v) is 11.7. The van der Waals surface area contributed by atoms with Crippen LogP contribution in [0.3, 0.4) is 0 Å². The topological polar surface area (TPSA) is 65.2 Å². The first kappa shape index (κ1) is 23.3. The number of hydrogen-bond donors (Lipinski definition) is 1. The van der Waals surface area contributed by atoms with E-state index in [1.807, 2.05) is 0 Å². The number of hydrogen-bond acceptors (Lipinski definition) is 5. The second-order valence-corrected chi connectivity index (χ2v) is 9.35. The fraction of sp³-hybridized carbons (Fsp3) is 0.385. The third-order valence-corrected chi connectivity index (χ3v) is 6.53. The molecular weight excluding hydrogens is 404 g/mol. The number of aromatic nitrogens is 1. The summed E-state index contributed by atoms with van der Waals surface area (Å²) >= 11 is 1.22. The molecule has 3 rings (SSSR count). The van der Waals surface area contributed by atoms with E-state index in [0.29, 0.717) is 12.5 Å². The van der Waals surface area contributed by atoms with Gasteiger partial charge in [-0.3, -0.25) is 9.78 Å². The summed E-state index contributed by atoms with van der Waals surface area (Å²) in [6, 6.07) is 15.0. The largest absolute Gasteiger partial charge is 0.391 e. The van der Waals surface area contributed by atoms with Crippen LogP contribution in [0.15, 0.2) is 42.5 Å². The van der Waals surface area contributed by atoms with E-state index in [0.717, 1.165) is 51.7 Å². The Morgan fingerprint density at radius 3 is 2.45 bits per heavy atom. The molecule has 2 N–H and O–H groups in total. The van der Waals surface area contributed by atoms with Crippen LogP contribution in [0, 0.1) is 12.8 Å². The second-order valence-electron chi connectivity index (χ2n) is 8.42. The van der Waals surface area contributed by atoms with E-state index in [1.54, 1.807) is 0 Å². The molecule has 0 aliphatic heterocycles. The lowest BCUT2D eigenvalue weighted by molar-refractivity contribution is -0.130. The van der Waals surface area contributed by atoms with Crippen molar-refractivity contribution in [1.82, 2.24) is 4.98 Å². The molecule has 0 spiro atoms. The van der Waals surface area contributed by atoms with Crippen molar-refractivity contribution >= 4 is 28.9 Å².